The topological polar surface area (TPSA) is 58.7 Å². The molecule has 0 aliphatic carbocycles. The maximum absolute atomic E-state index is 13.4. The maximum atomic E-state index is 13.4. The molecule has 0 saturated carbocycles. The van der Waals surface area contributed by atoms with Gasteiger partial charge >= 0.3 is 0 Å². The molecule has 0 unspecified atom stereocenters. The summed E-state index contributed by atoms with van der Waals surface area (Å²) in [7, 11) is 0. The van der Waals surface area contributed by atoms with E-state index in [1.165, 1.54) is 17.3 Å². The second-order valence-electron chi connectivity index (χ2n) is 6.36. The molecule has 4 nitrogen and oxygen atoms in total. The highest BCUT2D eigenvalue weighted by atomic mass is 32.2. The first-order chi connectivity index (χ1) is 12.4. The van der Waals surface area contributed by atoms with Crippen LogP contribution in [0.25, 0.3) is 15.9 Å². The Hall–Kier alpha value is -2.10. The zero-order valence-electron chi connectivity index (χ0n) is 15.6. The third kappa shape index (κ3) is 3.17. The molecule has 0 amide bonds. The summed E-state index contributed by atoms with van der Waals surface area (Å²) in [6.45, 7) is 10.0. The number of benzene rings is 1. The summed E-state index contributed by atoms with van der Waals surface area (Å²) in [6.07, 6.45) is 0.802. The smallest absolute Gasteiger partial charge is 0.267 e. The largest absolute Gasteiger partial charge is 0.268 e. The average Bonchev–Trinajstić information content (AvgIpc) is 2.93. The standard InChI is InChI=1S/C20H21N3OS2/c1-6-16-14(5)26-18-17(16)19(24)23(20(22-18)25-13(4)10-21)15-8-7-11(2)12(3)9-15/h7-9,13H,6H2,1-5H3/t13-/m1/s1. The van der Waals surface area contributed by atoms with Crippen LogP contribution in [-0.2, 0) is 6.42 Å². The molecule has 0 fully saturated rings. The van der Waals surface area contributed by atoms with Crippen LogP contribution < -0.4 is 5.56 Å². The first-order valence-electron chi connectivity index (χ1n) is 8.56. The fraction of sp³-hybridized carbons (Fsp3) is 0.350. The van der Waals surface area contributed by atoms with Crippen molar-refractivity contribution < 1.29 is 0 Å². The molecule has 0 spiro atoms. The van der Waals surface area contributed by atoms with Crippen molar-refractivity contribution in [3.05, 3.63) is 50.1 Å². The number of fused-ring (bicyclic) bond motifs is 1. The molecule has 0 radical (unpaired) electrons. The highest BCUT2D eigenvalue weighted by molar-refractivity contribution is 8.00. The molecular formula is C20H21N3OS2. The summed E-state index contributed by atoms with van der Waals surface area (Å²) in [5.74, 6) is 0. The lowest BCUT2D eigenvalue weighted by atomic mass is 10.1. The van der Waals surface area contributed by atoms with Crippen LogP contribution in [0, 0.1) is 32.1 Å². The summed E-state index contributed by atoms with van der Waals surface area (Å²) in [5.41, 5.74) is 4.12. The van der Waals surface area contributed by atoms with Gasteiger partial charge in [-0.15, -0.1) is 11.3 Å². The van der Waals surface area contributed by atoms with Gasteiger partial charge in [0.1, 0.15) is 4.83 Å². The van der Waals surface area contributed by atoms with Crippen LogP contribution in [0.3, 0.4) is 0 Å². The number of nitriles is 1. The van der Waals surface area contributed by atoms with Gasteiger partial charge in [0.2, 0.25) is 0 Å². The van der Waals surface area contributed by atoms with E-state index in [0.29, 0.717) is 10.5 Å². The predicted octanol–water partition coefficient (Wildman–Crippen LogP) is 4.94. The highest BCUT2D eigenvalue weighted by Gasteiger charge is 2.20. The SMILES string of the molecule is CCc1c(C)sc2nc(S[C@H](C)C#N)n(-c3ccc(C)c(C)c3)c(=O)c12. The Labute approximate surface area is 161 Å². The zero-order valence-corrected chi connectivity index (χ0v) is 17.2. The summed E-state index contributed by atoms with van der Waals surface area (Å²) in [4.78, 5) is 20.1. The van der Waals surface area contributed by atoms with Crippen molar-refractivity contribution in [2.45, 2.75) is 51.4 Å². The van der Waals surface area contributed by atoms with Crippen molar-refractivity contribution >= 4 is 33.3 Å². The van der Waals surface area contributed by atoms with E-state index in [2.05, 4.69) is 13.0 Å². The van der Waals surface area contributed by atoms with Gasteiger partial charge in [-0.3, -0.25) is 9.36 Å². The first-order valence-corrected chi connectivity index (χ1v) is 10.3. The van der Waals surface area contributed by atoms with Gasteiger partial charge in [-0.1, -0.05) is 24.8 Å². The third-order valence-electron chi connectivity index (χ3n) is 4.56. The molecule has 3 aromatic rings. The Balaban J connectivity index is 2.38. The summed E-state index contributed by atoms with van der Waals surface area (Å²) in [6, 6.07) is 8.19. The van der Waals surface area contributed by atoms with E-state index in [-0.39, 0.29) is 10.8 Å². The molecule has 0 aliphatic rings. The first kappa shape index (κ1) is 18.7. The van der Waals surface area contributed by atoms with Gasteiger partial charge in [0, 0.05) is 4.88 Å². The van der Waals surface area contributed by atoms with E-state index < -0.39 is 0 Å². The number of hydrogen-bond donors (Lipinski definition) is 0. The normalized spacial score (nSPS) is 12.3. The van der Waals surface area contributed by atoms with E-state index in [0.717, 1.165) is 32.9 Å². The van der Waals surface area contributed by atoms with Crippen molar-refractivity contribution in [2.75, 3.05) is 0 Å². The maximum Gasteiger partial charge on any atom is 0.267 e. The van der Waals surface area contributed by atoms with Crippen molar-refractivity contribution in [1.82, 2.24) is 9.55 Å². The Bertz CT molecular complexity index is 1090. The minimum Gasteiger partial charge on any atom is -0.268 e. The van der Waals surface area contributed by atoms with Crippen LogP contribution in [0.2, 0.25) is 0 Å². The number of thioether (sulfide) groups is 1. The van der Waals surface area contributed by atoms with Crippen LogP contribution in [0.15, 0.2) is 28.2 Å². The quantitative estimate of drug-likeness (QED) is 0.473. The molecule has 0 aliphatic heterocycles. The number of thiophene rings is 1. The molecule has 0 saturated heterocycles. The molecule has 134 valence electrons. The van der Waals surface area contributed by atoms with Crippen LogP contribution in [0.1, 0.15) is 35.4 Å². The van der Waals surface area contributed by atoms with Crippen molar-refractivity contribution in [2.24, 2.45) is 0 Å². The molecule has 26 heavy (non-hydrogen) atoms. The van der Waals surface area contributed by atoms with E-state index >= 15 is 0 Å². The number of rotatable bonds is 4. The lowest BCUT2D eigenvalue weighted by molar-refractivity contribution is 0.818. The average molecular weight is 384 g/mol. The molecule has 6 heteroatoms. The summed E-state index contributed by atoms with van der Waals surface area (Å²) < 4.78 is 1.67. The van der Waals surface area contributed by atoms with E-state index in [1.54, 1.807) is 15.9 Å². The monoisotopic (exact) mass is 383 g/mol. The molecule has 2 aromatic heterocycles. The van der Waals surface area contributed by atoms with Crippen LogP contribution >= 0.6 is 23.1 Å². The Morgan fingerprint density at radius 2 is 2.04 bits per heavy atom. The fourth-order valence-electron chi connectivity index (χ4n) is 2.98. The molecule has 0 bridgehead atoms. The minimum atomic E-state index is -0.288. The number of nitrogens with zero attached hydrogens (tertiary/aromatic N) is 3. The fourth-order valence-corrected chi connectivity index (χ4v) is 4.95. The second kappa shape index (κ2) is 7.26. The van der Waals surface area contributed by atoms with E-state index in [4.69, 9.17) is 4.98 Å². The van der Waals surface area contributed by atoms with Gasteiger partial charge in [0.05, 0.1) is 22.4 Å². The van der Waals surface area contributed by atoms with Gasteiger partial charge < -0.3 is 0 Å². The molecule has 1 aromatic carbocycles. The second-order valence-corrected chi connectivity index (χ2v) is 8.87. The lowest BCUT2D eigenvalue weighted by Crippen LogP contribution is -2.22. The zero-order chi connectivity index (χ0) is 19.0. The molecule has 0 N–H and O–H groups in total. The number of aromatic nitrogens is 2. The highest BCUT2D eigenvalue weighted by Crippen LogP contribution is 2.31. The predicted molar refractivity (Wildman–Crippen MR) is 110 cm³/mol. The van der Waals surface area contributed by atoms with Gasteiger partial charge in [0.25, 0.3) is 5.56 Å². The van der Waals surface area contributed by atoms with Crippen LogP contribution in [-0.4, -0.2) is 14.8 Å². The minimum absolute atomic E-state index is 0.0490. The Morgan fingerprint density at radius 3 is 2.65 bits per heavy atom. The van der Waals surface area contributed by atoms with Gasteiger partial charge in [-0.2, -0.15) is 5.26 Å². The summed E-state index contributed by atoms with van der Waals surface area (Å²) >= 11 is 2.88. The van der Waals surface area contributed by atoms with Crippen LogP contribution in [0.5, 0.6) is 0 Å². The summed E-state index contributed by atoms with van der Waals surface area (Å²) in [5, 5.41) is 10.2. The van der Waals surface area contributed by atoms with Crippen molar-refractivity contribution in [3.8, 4) is 11.8 Å². The Kier molecular flexibility index (Phi) is 5.22. The Morgan fingerprint density at radius 1 is 1.31 bits per heavy atom. The van der Waals surface area contributed by atoms with Gasteiger partial charge in [-0.25, -0.2) is 4.98 Å². The van der Waals surface area contributed by atoms with E-state index in [9.17, 15) is 10.1 Å². The lowest BCUT2D eigenvalue weighted by Gasteiger charge is -2.14. The molecule has 1 atom stereocenters. The van der Waals surface area contributed by atoms with E-state index in [1.807, 2.05) is 45.9 Å². The number of aryl methyl sites for hydroxylation is 4. The molecular weight excluding hydrogens is 362 g/mol. The molecule has 3 rings (SSSR count). The van der Waals surface area contributed by atoms with Gasteiger partial charge in [-0.05, 0) is 62.9 Å². The van der Waals surface area contributed by atoms with Crippen LogP contribution in [0.4, 0.5) is 0 Å². The molecule has 2 heterocycles. The number of hydrogen-bond acceptors (Lipinski definition) is 5. The van der Waals surface area contributed by atoms with Crippen molar-refractivity contribution in [1.29, 1.82) is 5.26 Å². The van der Waals surface area contributed by atoms with Crippen molar-refractivity contribution in [3.63, 3.8) is 0 Å². The van der Waals surface area contributed by atoms with Gasteiger partial charge in [0.15, 0.2) is 5.16 Å². The third-order valence-corrected chi connectivity index (χ3v) is 6.55.